The minimum absolute atomic E-state index is 0. The van der Waals surface area contributed by atoms with Crippen molar-refractivity contribution in [3.8, 4) is 0 Å². The molecule has 2 aromatic heterocycles. The van der Waals surface area contributed by atoms with Gasteiger partial charge in [-0.2, -0.15) is 10.2 Å². The molecule has 1 amide bonds. The van der Waals surface area contributed by atoms with Gasteiger partial charge in [-0.1, -0.05) is 0 Å². The molecule has 7 nitrogen and oxygen atoms in total. The lowest BCUT2D eigenvalue weighted by Gasteiger charge is -2.20. The van der Waals surface area contributed by atoms with Crippen LogP contribution in [0.4, 0.5) is 0 Å². The molecule has 132 valence electrons. The Morgan fingerprint density at radius 3 is 2.67 bits per heavy atom. The third-order valence-electron chi connectivity index (χ3n) is 4.80. The molecule has 0 aliphatic carbocycles. The smallest absolute Gasteiger partial charge is 0.225 e. The van der Waals surface area contributed by atoms with Gasteiger partial charge in [0, 0.05) is 50.6 Å². The second kappa shape index (κ2) is 7.36. The van der Waals surface area contributed by atoms with Crippen molar-refractivity contribution in [2.45, 2.75) is 25.8 Å². The molecule has 0 saturated carbocycles. The molecule has 3 heterocycles. The molecule has 1 fully saturated rings. The number of hydrogen-bond acceptors (Lipinski definition) is 4. The number of rotatable bonds is 4. The lowest BCUT2D eigenvalue weighted by Crippen LogP contribution is -2.36. The van der Waals surface area contributed by atoms with E-state index in [0.29, 0.717) is 6.54 Å². The van der Waals surface area contributed by atoms with Gasteiger partial charge in [0.25, 0.3) is 0 Å². The largest absolute Gasteiger partial charge is 0.349 e. The molecule has 0 aromatic carbocycles. The third kappa shape index (κ3) is 3.47. The van der Waals surface area contributed by atoms with E-state index in [0.717, 1.165) is 23.4 Å². The highest BCUT2D eigenvalue weighted by Crippen LogP contribution is 2.28. The minimum Gasteiger partial charge on any atom is -0.349 e. The lowest BCUT2D eigenvalue weighted by molar-refractivity contribution is -0.125. The molecule has 24 heavy (non-hydrogen) atoms. The molecule has 2 N–H and O–H groups in total. The molecule has 3 rings (SSSR count). The highest BCUT2D eigenvalue weighted by atomic mass is 35.5. The third-order valence-corrected chi connectivity index (χ3v) is 4.80. The summed E-state index contributed by atoms with van der Waals surface area (Å²) in [4.78, 5) is 12.7. The van der Waals surface area contributed by atoms with Crippen molar-refractivity contribution in [2.75, 3.05) is 13.1 Å². The topological polar surface area (TPSA) is 76.8 Å². The first kappa shape index (κ1) is 18.5. The van der Waals surface area contributed by atoms with E-state index in [-0.39, 0.29) is 36.2 Å². The quantitative estimate of drug-likeness (QED) is 0.862. The summed E-state index contributed by atoms with van der Waals surface area (Å²) in [6.45, 7) is 5.53. The zero-order valence-electron chi connectivity index (χ0n) is 14.5. The van der Waals surface area contributed by atoms with E-state index in [1.807, 2.05) is 51.2 Å². The average molecular weight is 353 g/mol. The first-order valence-electron chi connectivity index (χ1n) is 7.95. The summed E-state index contributed by atoms with van der Waals surface area (Å²) < 4.78 is 3.61. The highest BCUT2D eigenvalue weighted by Gasteiger charge is 2.35. The summed E-state index contributed by atoms with van der Waals surface area (Å²) in [5.74, 6) is 0.184. The van der Waals surface area contributed by atoms with E-state index >= 15 is 0 Å². The van der Waals surface area contributed by atoms with Crippen LogP contribution in [0.1, 0.15) is 35.7 Å². The number of hydrogen-bond donors (Lipinski definition) is 2. The number of aromatic nitrogens is 4. The van der Waals surface area contributed by atoms with Gasteiger partial charge in [0.1, 0.15) is 0 Å². The van der Waals surface area contributed by atoms with Crippen molar-refractivity contribution < 1.29 is 4.79 Å². The average Bonchev–Trinajstić information content (AvgIpc) is 3.20. The van der Waals surface area contributed by atoms with Gasteiger partial charge in [0.15, 0.2) is 0 Å². The van der Waals surface area contributed by atoms with E-state index in [9.17, 15) is 4.79 Å². The maximum absolute atomic E-state index is 12.7. The number of carbonyl (C=O) groups is 1. The van der Waals surface area contributed by atoms with Crippen molar-refractivity contribution in [1.82, 2.24) is 30.2 Å². The summed E-state index contributed by atoms with van der Waals surface area (Å²) in [5, 5.41) is 14.9. The fraction of sp³-hybridized carbons (Fsp3) is 0.562. The van der Waals surface area contributed by atoms with Gasteiger partial charge >= 0.3 is 0 Å². The Hall–Kier alpha value is -1.86. The maximum atomic E-state index is 12.7. The van der Waals surface area contributed by atoms with Crippen molar-refractivity contribution >= 4 is 18.3 Å². The number of aryl methyl sites for hydroxylation is 2. The summed E-state index contributed by atoms with van der Waals surface area (Å²) in [6.07, 6.45) is 5.67. The van der Waals surface area contributed by atoms with Crippen LogP contribution in [0.25, 0.3) is 0 Å². The number of amides is 1. The normalized spacial score (nSPS) is 21.3. The number of halogens is 1. The summed E-state index contributed by atoms with van der Waals surface area (Å²) in [5.41, 5.74) is 3.25. The second-order valence-corrected chi connectivity index (χ2v) is 6.36. The van der Waals surface area contributed by atoms with Crippen LogP contribution in [-0.2, 0) is 18.9 Å². The van der Waals surface area contributed by atoms with Gasteiger partial charge in [-0.3, -0.25) is 14.2 Å². The molecule has 8 heteroatoms. The monoisotopic (exact) mass is 352 g/mol. The zero-order valence-corrected chi connectivity index (χ0v) is 15.3. The Labute approximate surface area is 148 Å². The fourth-order valence-electron chi connectivity index (χ4n) is 3.28. The van der Waals surface area contributed by atoms with Crippen LogP contribution in [0, 0.1) is 12.8 Å². The lowest BCUT2D eigenvalue weighted by atomic mass is 9.90. The Bertz CT molecular complexity index is 709. The van der Waals surface area contributed by atoms with Crippen LogP contribution >= 0.6 is 12.4 Å². The van der Waals surface area contributed by atoms with Crippen LogP contribution < -0.4 is 10.6 Å². The summed E-state index contributed by atoms with van der Waals surface area (Å²) in [7, 11) is 3.81. The van der Waals surface area contributed by atoms with E-state index in [2.05, 4.69) is 20.8 Å². The van der Waals surface area contributed by atoms with Gasteiger partial charge in [-0.25, -0.2) is 0 Å². The molecule has 1 saturated heterocycles. The minimum atomic E-state index is -0.0707. The molecule has 0 radical (unpaired) electrons. The zero-order chi connectivity index (χ0) is 16.6. The first-order chi connectivity index (χ1) is 11.0. The Morgan fingerprint density at radius 1 is 1.33 bits per heavy atom. The standard InChI is InChI=1S/C16H24N6O.ClH/c1-10(13-8-19-22(4)11(13)2)20-16(23)15-7-17-6-14(15)12-5-18-21(3)9-12;/h5,8-10,14-15,17H,6-7H2,1-4H3,(H,20,23);1H/t10?,14-,15+;/m1./s1. The van der Waals surface area contributed by atoms with E-state index in [4.69, 9.17) is 0 Å². The van der Waals surface area contributed by atoms with E-state index in [1.54, 1.807) is 4.68 Å². The van der Waals surface area contributed by atoms with Gasteiger partial charge in [0.05, 0.1) is 24.4 Å². The predicted octanol–water partition coefficient (Wildman–Crippen LogP) is 1.06. The van der Waals surface area contributed by atoms with Crippen LogP contribution in [0.5, 0.6) is 0 Å². The molecule has 0 spiro atoms. The SMILES string of the molecule is Cc1c(C(C)NC(=O)[C@H]2CNC[C@@H]2c2cnn(C)c2)cnn1C.Cl. The molecule has 1 aliphatic rings. The summed E-state index contributed by atoms with van der Waals surface area (Å²) in [6, 6.07) is -0.0497. The maximum Gasteiger partial charge on any atom is 0.225 e. The molecule has 1 unspecified atom stereocenters. The van der Waals surface area contributed by atoms with E-state index < -0.39 is 0 Å². The molecular formula is C16H25ClN6O. The molecule has 2 aromatic rings. The number of nitrogens with one attached hydrogen (secondary N) is 2. The Balaban J connectivity index is 0.00000208. The Kier molecular flexibility index (Phi) is 5.66. The van der Waals surface area contributed by atoms with Crippen LogP contribution in [0.15, 0.2) is 18.6 Å². The van der Waals surface area contributed by atoms with Crippen molar-refractivity contribution in [2.24, 2.45) is 20.0 Å². The predicted molar refractivity (Wildman–Crippen MR) is 94.1 cm³/mol. The first-order valence-corrected chi connectivity index (χ1v) is 7.95. The van der Waals surface area contributed by atoms with Gasteiger partial charge in [0.2, 0.25) is 5.91 Å². The fourth-order valence-corrected chi connectivity index (χ4v) is 3.28. The Morgan fingerprint density at radius 2 is 2.08 bits per heavy atom. The molecular weight excluding hydrogens is 328 g/mol. The van der Waals surface area contributed by atoms with Gasteiger partial charge in [-0.05, 0) is 19.4 Å². The second-order valence-electron chi connectivity index (χ2n) is 6.36. The van der Waals surface area contributed by atoms with E-state index in [1.165, 1.54) is 0 Å². The highest BCUT2D eigenvalue weighted by molar-refractivity contribution is 5.85. The van der Waals surface area contributed by atoms with Gasteiger partial charge < -0.3 is 10.6 Å². The number of carbonyl (C=O) groups excluding carboxylic acids is 1. The summed E-state index contributed by atoms with van der Waals surface area (Å²) >= 11 is 0. The molecule has 1 aliphatic heterocycles. The van der Waals surface area contributed by atoms with Crippen LogP contribution in [0.3, 0.4) is 0 Å². The van der Waals surface area contributed by atoms with Crippen molar-refractivity contribution in [3.05, 3.63) is 35.4 Å². The van der Waals surface area contributed by atoms with Crippen LogP contribution in [0.2, 0.25) is 0 Å². The van der Waals surface area contributed by atoms with Gasteiger partial charge in [-0.15, -0.1) is 12.4 Å². The molecule has 3 atom stereocenters. The van der Waals surface area contributed by atoms with Crippen molar-refractivity contribution in [3.63, 3.8) is 0 Å². The molecule has 0 bridgehead atoms. The van der Waals surface area contributed by atoms with Crippen molar-refractivity contribution in [1.29, 1.82) is 0 Å². The number of nitrogens with zero attached hydrogens (tertiary/aromatic N) is 4. The van der Waals surface area contributed by atoms with Crippen LogP contribution in [-0.4, -0.2) is 38.6 Å².